The van der Waals surface area contributed by atoms with E-state index in [1.165, 1.54) is 6.07 Å². The first-order valence-corrected chi connectivity index (χ1v) is 12.3. The lowest BCUT2D eigenvalue weighted by atomic mass is 10.1. The Kier molecular flexibility index (Phi) is 7.86. The number of amides is 1. The summed E-state index contributed by atoms with van der Waals surface area (Å²) in [6, 6.07) is 4.18. The molecule has 0 unspecified atom stereocenters. The minimum Gasteiger partial charge on any atom is -0.393 e. The molecule has 4 rings (SSSR count). The number of benzene rings is 1. The molecule has 0 radical (unpaired) electrons. The number of nitrogens with two attached hydrogens (primary N) is 1. The summed E-state index contributed by atoms with van der Waals surface area (Å²) in [6.07, 6.45) is 5.47. The van der Waals surface area contributed by atoms with Crippen LogP contribution in [-0.2, 0) is 4.79 Å². The van der Waals surface area contributed by atoms with E-state index in [0.29, 0.717) is 42.8 Å². The van der Waals surface area contributed by atoms with Gasteiger partial charge in [-0.05, 0) is 44.2 Å². The van der Waals surface area contributed by atoms with Crippen LogP contribution >= 0.6 is 11.6 Å². The Morgan fingerprint density at radius 1 is 1.39 bits per heavy atom. The third-order valence-electron chi connectivity index (χ3n) is 6.29. The summed E-state index contributed by atoms with van der Waals surface area (Å²) in [5.74, 6) is -0.453. The summed E-state index contributed by atoms with van der Waals surface area (Å²) in [4.78, 5) is 25.2. The van der Waals surface area contributed by atoms with Gasteiger partial charge in [-0.2, -0.15) is 10.2 Å². The minimum absolute atomic E-state index is 0.0244. The summed E-state index contributed by atoms with van der Waals surface area (Å²) in [7, 11) is 0. The molecule has 3 aromatic rings. The van der Waals surface area contributed by atoms with Gasteiger partial charge >= 0.3 is 0 Å². The lowest BCUT2D eigenvalue weighted by Crippen LogP contribution is -2.19. The largest absolute Gasteiger partial charge is 0.393 e. The highest BCUT2D eigenvalue weighted by atomic mass is 35.5. The summed E-state index contributed by atoms with van der Waals surface area (Å²) in [5.41, 5.74) is 6.48. The second-order valence-electron chi connectivity index (χ2n) is 9.02. The third kappa shape index (κ3) is 5.66. The number of hydrogen-bond donors (Lipinski definition) is 4. The number of aliphatic hydroxyl groups excluding tert-OH is 1. The van der Waals surface area contributed by atoms with Gasteiger partial charge in [-0.3, -0.25) is 9.36 Å². The molecule has 5 N–H and O–H groups in total. The van der Waals surface area contributed by atoms with Crippen molar-refractivity contribution in [3.8, 4) is 6.07 Å². The SMILES string of the molecule is CCC[C@H](CCC(N)=O)n1c(Nc2c(F)cc(C#N)cc2Cl)nc2cnc(N[C@@H]3CC[C@@H](O)C3)nc21. The molecule has 0 aliphatic heterocycles. The number of carbonyl (C=O) groups excluding carboxylic acids is 1. The maximum Gasteiger partial charge on any atom is 0.224 e. The van der Waals surface area contributed by atoms with Crippen molar-refractivity contribution in [2.75, 3.05) is 10.6 Å². The molecule has 12 heteroatoms. The predicted molar refractivity (Wildman–Crippen MR) is 134 cm³/mol. The van der Waals surface area contributed by atoms with E-state index in [4.69, 9.17) is 27.6 Å². The molecule has 2 aromatic heterocycles. The number of anilines is 3. The Hall–Kier alpha value is -3.49. The van der Waals surface area contributed by atoms with Crippen molar-refractivity contribution in [1.29, 1.82) is 5.26 Å². The van der Waals surface area contributed by atoms with E-state index in [-0.39, 0.29) is 46.8 Å². The van der Waals surface area contributed by atoms with Crippen LogP contribution in [0.15, 0.2) is 18.3 Å². The van der Waals surface area contributed by atoms with E-state index in [9.17, 15) is 14.3 Å². The average Bonchev–Trinajstić information content (AvgIpc) is 3.41. The number of imidazole rings is 1. The van der Waals surface area contributed by atoms with Gasteiger partial charge in [-0.1, -0.05) is 24.9 Å². The predicted octanol–water partition coefficient (Wildman–Crippen LogP) is 4.17. The van der Waals surface area contributed by atoms with Gasteiger partial charge in [0.15, 0.2) is 5.65 Å². The fraction of sp³-hybridized carbons (Fsp3) is 0.458. The molecule has 0 bridgehead atoms. The van der Waals surface area contributed by atoms with Crippen LogP contribution in [0.3, 0.4) is 0 Å². The number of nitrogens with zero attached hydrogens (tertiary/aromatic N) is 5. The number of rotatable bonds is 10. The number of primary amides is 1. The van der Waals surface area contributed by atoms with Crippen molar-refractivity contribution in [1.82, 2.24) is 19.5 Å². The van der Waals surface area contributed by atoms with E-state index in [2.05, 4.69) is 20.6 Å². The zero-order valence-corrected chi connectivity index (χ0v) is 20.6. The highest BCUT2D eigenvalue weighted by Gasteiger charge is 2.26. The molecule has 2 heterocycles. The van der Waals surface area contributed by atoms with Crippen LogP contribution in [0.1, 0.15) is 63.5 Å². The van der Waals surface area contributed by atoms with Crippen LogP contribution in [0.25, 0.3) is 11.2 Å². The Balaban J connectivity index is 1.78. The molecule has 1 amide bonds. The van der Waals surface area contributed by atoms with Crippen molar-refractivity contribution in [3.05, 3.63) is 34.7 Å². The van der Waals surface area contributed by atoms with Crippen LogP contribution in [0, 0.1) is 17.1 Å². The fourth-order valence-corrected chi connectivity index (χ4v) is 4.83. The maximum absolute atomic E-state index is 14.8. The van der Waals surface area contributed by atoms with E-state index in [1.54, 1.807) is 6.20 Å². The molecule has 1 aliphatic carbocycles. The summed E-state index contributed by atoms with van der Waals surface area (Å²) >= 11 is 6.28. The lowest BCUT2D eigenvalue weighted by Gasteiger charge is -2.21. The first kappa shape index (κ1) is 25.6. The number of carbonyl (C=O) groups is 1. The minimum atomic E-state index is -0.699. The maximum atomic E-state index is 14.8. The summed E-state index contributed by atoms with van der Waals surface area (Å²) < 4.78 is 16.7. The molecular formula is C24H28ClFN8O2. The van der Waals surface area contributed by atoms with Crippen molar-refractivity contribution >= 4 is 46.3 Å². The van der Waals surface area contributed by atoms with Gasteiger partial charge in [-0.25, -0.2) is 14.4 Å². The second kappa shape index (κ2) is 11.1. The van der Waals surface area contributed by atoms with Gasteiger partial charge in [-0.15, -0.1) is 0 Å². The molecule has 1 fully saturated rings. The summed E-state index contributed by atoms with van der Waals surface area (Å²) in [6.45, 7) is 2.02. The van der Waals surface area contributed by atoms with E-state index < -0.39 is 11.7 Å². The molecule has 10 nitrogen and oxygen atoms in total. The number of halogens is 2. The van der Waals surface area contributed by atoms with Crippen LogP contribution in [0.2, 0.25) is 5.02 Å². The Labute approximate surface area is 212 Å². The molecule has 36 heavy (non-hydrogen) atoms. The molecular weight excluding hydrogens is 487 g/mol. The topological polar surface area (TPSA) is 155 Å². The Morgan fingerprint density at radius 3 is 2.83 bits per heavy atom. The molecule has 1 aromatic carbocycles. The Morgan fingerprint density at radius 2 is 2.19 bits per heavy atom. The van der Waals surface area contributed by atoms with Gasteiger partial charge < -0.3 is 21.5 Å². The zero-order chi connectivity index (χ0) is 25.8. The van der Waals surface area contributed by atoms with Crippen LogP contribution < -0.4 is 16.4 Å². The first-order valence-electron chi connectivity index (χ1n) is 11.9. The molecule has 3 atom stereocenters. The number of nitriles is 1. The number of aliphatic hydroxyl groups is 1. The highest BCUT2D eigenvalue weighted by Crippen LogP contribution is 2.34. The van der Waals surface area contributed by atoms with Gasteiger partial charge in [0.2, 0.25) is 17.8 Å². The lowest BCUT2D eigenvalue weighted by molar-refractivity contribution is -0.118. The van der Waals surface area contributed by atoms with Gasteiger partial charge in [0.25, 0.3) is 0 Å². The first-order chi connectivity index (χ1) is 17.3. The van der Waals surface area contributed by atoms with E-state index in [0.717, 1.165) is 18.9 Å². The average molecular weight is 515 g/mol. The van der Waals surface area contributed by atoms with Gasteiger partial charge in [0.05, 0.1) is 34.6 Å². The monoisotopic (exact) mass is 514 g/mol. The normalized spacial score (nSPS) is 18.2. The zero-order valence-electron chi connectivity index (χ0n) is 19.8. The Bertz CT molecular complexity index is 1280. The third-order valence-corrected chi connectivity index (χ3v) is 6.59. The number of nitrogens with one attached hydrogen (secondary N) is 2. The standard InChI is InChI=1S/C24H28ClFN8O2/c1-2-3-15(5-7-20(28)36)34-22-19(12-29-23(33-22)30-14-4-6-16(35)10-14)31-24(34)32-21-17(25)8-13(11-27)9-18(21)26/h8-9,12,14-16,35H,2-7,10H2,1H3,(H2,28,36)(H,31,32)(H,29,30,33)/t14-,15-,16-/m1/s1. The molecule has 1 aliphatic rings. The quantitative estimate of drug-likeness (QED) is 0.314. The summed E-state index contributed by atoms with van der Waals surface area (Å²) in [5, 5.41) is 25.2. The molecule has 0 spiro atoms. The molecule has 190 valence electrons. The van der Waals surface area contributed by atoms with Crippen LogP contribution in [0.4, 0.5) is 22.0 Å². The number of aromatic nitrogens is 4. The number of fused-ring (bicyclic) bond motifs is 1. The van der Waals surface area contributed by atoms with E-state index in [1.807, 2.05) is 17.6 Å². The van der Waals surface area contributed by atoms with Crippen molar-refractivity contribution in [3.63, 3.8) is 0 Å². The second-order valence-corrected chi connectivity index (χ2v) is 9.42. The molecule has 0 saturated heterocycles. The van der Waals surface area contributed by atoms with E-state index >= 15 is 0 Å². The fourth-order valence-electron chi connectivity index (χ4n) is 4.58. The van der Waals surface area contributed by atoms with Gasteiger partial charge in [0.1, 0.15) is 11.3 Å². The van der Waals surface area contributed by atoms with Crippen molar-refractivity contribution in [2.45, 2.75) is 70.1 Å². The van der Waals surface area contributed by atoms with Crippen LogP contribution in [0.5, 0.6) is 0 Å². The van der Waals surface area contributed by atoms with Crippen molar-refractivity contribution in [2.24, 2.45) is 5.73 Å². The van der Waals surface area contributed by atoms with Crippen molar-refractivity contribution < 1.29 is 14.3 Å². The highest BCUT2D eigenvalue weighted by molar-refractivity contribution is 6.33. The smallest absolute Gasteiger partial charge is 0.224 e. The molecule has 1 saturated carbocycles. The van der Waals surface area contributed by atoms with Gasteiger partial charge in [0, 0.05) is 18.5 Å². The number of hydrogen-bond acceptors (Lipinski definition) is 8. The van der Waals surface area contributed by atoms with Crippen LogP contribution in [-0.4, -0.2) is 42.7 Å².